The van der Waals surface area contributed by atoms with Gasteiger partial charge in [-0.05, 0) is 62.4 Å². The number of fused-ring (bicyclic) bond motifs is 5. The van der Waals surface area contributed by atoms with Crippen molar-refractivity contribution in [2.45, 2.75) is 76.9 Å². The van der Waals surface area contributed by atoms with Crippen molar-refractivity contribution >= 4 is 27.5 Å². The normalized spacial score (nSPS) is 51.9. The molecule has 4 aliphatic rings. The summed E-state index contributed by atoms with van der Waals surface area (Å²) < 4.78 is 0. The number of aliphatic hydroxyl groups is 2. The van der Waals surface area contributed by atoms with E-state index in [1.807, 2.05) is 6.92 Å². The summed E-state index contributed by atoms with van der Waals surface area (Å²) in [6, 6.07) is 0. The molecule has 4 aliphatic carbocycles. The van der Waals surface area contributed by atoms with Crippen molar-refractivity contribution in [1.29, 1.82) is 0 Å². The Kier molecular flexibility index (Phi) is 4.39. The molecule has 0 amide bonds. The minimum Gasteiger partial charge on any atom is -0.389 e. The van der Waals surface area contributed by atoms with Crippen LogP contribution >= 0.6 is 15.9 Å². The van der Waals surface area contributed by atoms with E-state index in [0.717, 1.165) is 24.8 Å². The van der Waals surface area contributed by atoms with Gasteiger partial charge >= 0.3 is 0 Å². The van der Waals surface area contributed by atoms with Crippen LogP contribution in [0.1, 0.15) is 65.7 Å². The monoisotopic (exact) mass is 438 g/mol. The Hall–Kier alpha value is -0.520. The lowest BCUT2D eigenvalue weighted by Crippen LogP contribution is -2.66. The third kappa shape index (κ3) is 2.22. The lowest BCUT2D eigenvalue weighted by Gasteiger charge is -2.63. The van der Waals surface area contributed by atoms with Crippen LogP contribution in [0, 0.1) is 28.6 Å². The third-order valence-electron chi connectivity index (χ3n) is 9.28. The van der Waals surface area contributed by atoms with Gasteiger partial charge in [0.2, 0.25) is 0 Å². The molecule has 0 aromatic heterocycles. The Labute approximate surface area is 169 Å². The van der Waals surface area contributed by atoms with Crippen LogP contribution in [0.15, 0.2) is 11.6 Å². The van der Waals surface area contributed by atoms with E-state index in [-0.39, 0.29) is 40.1 Å². The summed E-state index contributed by atoms with van der Waals surface area (Å²) in [5, 5.41) is 23.8. The largest absolute Gasteiger partial charge is 0.389 e. The molecule has 3 saturated carbocycles. The van der Waals surface area contributed by atoms with Gasteiger partial charge in [-0.2, -0.15) is 0 Å². The van der Waals surface area contributed by atoms with Crippen LogP contribution in [-0.4, -0.2) is 38.3 Å². The molecule has 3 fully saturated rings. The summed E-state index contributed by atoms with van der Waals surface area (Å²) in [5.74, 6) is 0.118. The average molecular weight is 439 g/mol. The van der Waals surface area contributed by atoms with Gasteiger partial charge in [0.1, 0.15) is 5.60 Å². The first kappa shape index (κ1) is 19.8. The van der Waals surface area contributed by atoms with Crippen molar-refractivity contribution in [2.75, 3.05) is 5.33 Å². The molecule has 0 saturated heterocycles. The van der Waals surface area contributed by atoms with Crippen LogP contribution in [-0.2, 0) is 9.59 Å². The van der Waals surface area contributed by atoms with Crippen molar-refractivity contribution < 1.29 is 19.8 Å². The first-order valence-electron chi connectivity index (χ1n) is 10.3. The molecule has 7 atom stereocenters. The van der Waals surface area contributed by atoms with Gasteiger partial charge < -0.3 is 10.2 Å². The van der Waals surface area contributed by atoms with Crippen LogP contribution in [0.2, 0.25) is 0 Å². The quantitative estimate of drug-likeness (QED) is 0.646. The SMILES string of the molecule is CC1C[C@H]2[C@@H]3CCC4=CC(=O)CC[C@]4(C)[C@@]3(O)CC[C@]2(C)[C@@]1(O)C(=O)CBr. The fourth-order valence-corrected chi connectivity index (χ4v) is 7.97. The highest BCUT2D eigenvalue weighted by Crippen LogP contribution is 2.70. The molecule has 4 rings (SSSR count). The van der Waals surface area contributed by atoms with Gasteiger partial charge in [-0.3, -0.25) is 9.59 Å². The maximum absolute atomic E-state index is 12.8. The maximum atomic E-state index is 12.8. The summed E-state index contributed by atoms with van der Waals surface area (Å²) in [4.78, 5) is 24.7. The Morgan fingerprint density at radius 2 is 1.89 bits per heavy atom. The van der Waals surface area contributed by atoms with E-state index < -0.39 is 16.6 Å². The predicted octanol–water partition coefficient (Wildman–Crippen LogP) is 3.57. The van der Waals surface area contributed by atoms with Gasteiger partial charge in [-0.1, -0.05) is 42.3 Å². The highest BCUT2D eigenvalue weighted by Gasteiger charge is 2.72. The highest BCUT2D eigenvalue weighted by atomic mass is 79.9. The fraction of sp³-hybridized carbons (Fsp3) is 0.818. The average Bonchev–Trinajstić information content (AvgIpc) is 2.84. The molecule has 0 bridgehead atoms. The lowest BCUT2D eigenvalue weighted by atomic mass is 9.44. The summed E-state index contributed by atoms with van der Waals surface area (Å²) in [5.41, 5.74) is -1.95. The number of hydrogen-bond donors (Lipinski definition) is 2. The molecule has 27 heavy (non-hydrogen) atoms. The molecule has 0 spiro atoms. The van der Waals surface area contributed by atoms with E-state index in [9.17, 15) is 19.8 Å². The van der Waals surface area contributed by atoms with E-state index in [4.69, 9.17) is 0 Å². The van der Waals surface area contributed by atoms with Crippen LogP contribution < -0.4 is 0 Å². The minimum atomic E-state index is -1.33. The second-order valence-corrected chi connectivity index (χ2v) is 10.6. The molecule has 0 aliphatic heterocycles. The topological polar surface area (TPSA) is 74.6 Å². The van der Waals surface area contributed by atoms with Crippen LogP contribution in [0.25, 0.3) is 0 Å². The minimum absolute atomic E-state index is 0.0613. The Bertz CT molecular complexity index is 732. The smallest absolute Gasteiger partial charge is 0.175 e. The second kappa shape index (κ2) is 5.99. The fourth-order valence-electron chi connectivity index (χ4n) is 7.54. The van der Waals surface area contributed by atoms with Crippen LogP contribution in [0.5, 0.6) is 0 Å². The Balaban J connectivity index is 1.77. The number of halogens is 1. The van der Waals surface area contributed by atoms with Crippen molar-refractivity contribution in [3.63, 3.8) is 0 Å². The summed E-state index contributed by atoms with van der Waals surface area (Å²) in [6.45, 7) is 6.19. The number of alkyl halides is 1. The first-order valence-corrected chi connectivity index (χ1v) is 11.4. The van der Waals surface area contributed by atoms with E-state index in [1.165, 1.54) is 0 Å². The number of carbonyl (C=O) groups excluding carboxylic acids is 2. The molecule has 2 N–H and O–H groups in total. The number of ketones is 2. The first-order chi connectivity index (χ1) is 12.5. The number of carbonyl (C=O) groups is 2. The molecular weight excluding hydrogens is 408 g/mol. The third-order valence-corrected chi connectivity index (χ3v) is 9.79. The lowest BCUT2D eigenvalue weighted by molar-refractivity contribution is -0.211. The molecule has 0 radical (unpaired) electrons. The van der Waals surface area contributed by atoms with Crippen molar-refractivity contribution in [1.82, 2.24) is 0 Å². The van der Waals surface area contributed by atoms with Gasteiger partial charge in [-0.25, -0.2) is 0 Å². The van der Waals surface area contributed by atoms with E-state index in [2.05, 4.69) is 29.8 Å². The number of rotatable bonds is 2. The molecule has 0 heterocycles. The Morgan fingerprint density at radius 1 is 1.19 bits per heavy atom. The number of Topliss-reactive ketones (excluding diaryl/α,β-unsaturated/α-hetero) is 1. The van der Waals surface area contributed by atoms with Gasteiger partial charge in [0.05, 0.1) is 10.9 Å². The number of hydrogen-bond acceptors (Lipinski definition) is 4. The van der Waals surface area contributed by atoms with Gasteiger partial charge in [0, 0.05) is 17.3 Å². The Morgan fingerprint density at radius 3 is 2.56 bits per heavy atom. The van der Waals surface area contributed by atoms with Gasteiger partial charge in [0.15, 0.2) is 11.6 Å². The van der Waals surface area contributed by atoms with E-state index >= 15 is 0 Å². The standard InChI is InChI=1S/C22H31BrO4/c1-13-10-17-16-5-4-14-11-15(24)6-7-19(14,2)21(16,26)9-8-20(17,3)22(13,27)18(25)12-23/h11,13,16-17,26-27H,4-10,12H2,1-3H3/t13?,16-,17-,19-,20-,21+,22-/m0/s1. The second-order valence-electron chi connectivity index (χ2n) is 10.0. The molecule has 0 aromatic rings. The van der Waals surface area contributed by atoms with Crippen LogP contribution in [0.3, 0.4) is 0 Å². The van der Waals surface area contributed by atoms with E-state index in [1.54, 1.807) is 6.08 Å². The van der Waals surface area contributed by atoms with E-state index in [0.29, 0.717) is 25.7 Å². The molecule has 0 aromatic carbocycles. The van der Waals surface area contributed by atoms with Crippen LogP contribution in [0.4, 0.5) is 0 Å². The molecule has 4 nitrogen and oxygen atoms in total. The molecule has 5 heteroatoms. The summed E-state index contributed by atoms with van der Waals surface area (Å²) in [7, 11) is 0. The zero-order valence-electron chi connectivity index (χ0n) is 16.6. The zero-order valence-corrected chi connectivity index (χ0v) is 18.1. The summed E-state index contributed by atoms with van der Waals surface area (Å²) in [6.07, 6.45) is 6.64. The summed E-state index contributed by atoms with van der Waals surface area (Å²) >= 11 is 3.27. The molecule has 150 valence electrons. The predicted molar refractivity (Wildman–Crippen MR) is 106 cm³/mol. The van der Waals surface area contributed by atoms with Crippen molar-refractivity contribution in [2.24, 2.45) is 28.6 Å². The van der Waals surface area contributed by atoms with Gasteiger partial charge in [-0.15, -0.1) is 0 Å². The maximum Gasteiger partial charge on any atom is 0.175 e. The van der Waals surface area contributed by atoms with Crippen molar-refractivity contribution in [3.05, 3.63) is 11.6 Å². The van der Waals surface area contributed by atoms with Gasteiger partial charge in [0.25, 0.3) is 0 Å². The van der Waals surface area contributed by atoms with Crippen molar-refractivity contribution in [3.8, 4) is 0 Å². The zero-order chi connectivity index (χ0) is 19.8. The molecule has 1 unspecified atom stereocenters. The molecular formula is C22H31BrO4. The highest BCUT2D eigenvalue weighted by molar-refractivity contribution is 9.09.